The quantitative estimate of drug-likeness (QED) is 0.293. The Morgan fingerprint density at radius 1 is 0.794 bits per heavy atom. The summed E-state index contributed by atoms with van der Waals surface area (Å²) in [6.07, 6.45) is 1.41. The first-order chi connectivity index (χ1) is 16.3. The van der Waals surface area contributed by atoms with Crippen LogP contribution in [0.2, 0.25) is 0 Å². The molecule has 0 amide bonds. The second-order valence-corrected chi connectivity index (χ2v) is 10.8. The van der Waals surface area contributed by atoms with E-state index in [1.807, 2.05) is 0 Å². The Balaban J connectivity index is 1.70. The number of fused-ring (bicyclic) bond motifs is 3. The van der Waals surface area contributed by atoms with Gasteiger partial charge in [0.05, 0.1) is 17.4 Å². The molecule has 1 aliphatic heterocycles. The summed E-state index contributed by atoms with van der Waals surface area (Å²) in [5, 5.41) is 12.3. The average Bonchev–Trinajstić information content (AvgIpc) is 2.93. The summed E-state index contributed by atoms with van der Waals surface area (Å²) in [4.78, 5) is 13.8. The fourth-order valence-corrected chi connectivity index (χ4v) is 5.79. The van der Waals surface area contributed by atoms with Crippen molar-refractivity contribution in [1.82, 2.24) is 0 Å². The second kappa shape index (κ2) is 7.46. The average molecular weight is 447 g/mol. The Bertz CT molecular complexity index is 1470. The van der Waals surface area contributed by atoms with Gasteiger partial charge in [0, 0.05) is 17.7 Å². The Kier molecular flexibility index (Phi) is 4.60. The monoisotopic (exact) mass is 446 g/mol. The summed E-state index contributed by atoms with van der Waals surface area (Å²) in [5.74, 6) is 0.231. The third-order valence-corrected chi connectivity index (χ3v) is 7.53. The molecule has 1 atom stereocenters. The van der Waals surface area contributed by atoms with Crippen molar-refractivity contribution in [1.29, 1.82) is 0 Å². The molecule has 0 radical (unpaired) electrons. The van der Waals surface area contributed by atoms with Gasteiger partial charge in [-0.2, -0.15) is 0 Å². The van der Waals surface area contributed by atoms with Crippen molar-refractivity contribution in [3.05, 3.63) is 94.7 Å². The van der Waals surface area contributed by atoms with Gasteiger partial charge in [0.2, 0.25) is 0 Å². The maximum absolute atomic E-state index is 13.8. The van der Waals surface area contributed by atoms with E-state index in [0.29, 0.717) is 6.42 Å². The van der Waals surface area contributed by atoms with Crippen LogP contribution in [0.25, 0.3) is 21.5 Å². The summed E-state index contributed by atoms with van der Waals surface area (Å²) in [5.41, 5.74) is 7.62. The van der Waals surface area contributed by atoms with Crippen LogP contribution in [0.5, 0.6) is 0 Å². The van der Waals surface area contributed by atoms with Crippen LogP contribution < -0.4 is 10.6 Å². The highest BCUT2D eigenvalue weighted by Gasteiger charge is 2.39. The molecule has 2 N–H and O–H groups in total. The smallest absolute Gasteiger partial charge is 0.163 e. The molecule has 3 heteroatoms. The molecule has 0 unspecified atom stereocenters. The van der Waals surface area contributed by atoms with Crippen LogP contribution in [0.4, 0.5) is 11.4 Å². The van der Waals surface area contributed by atoms with E-state index in [1.54, 1.807) is 0 Å². The molecule has 6 rings (SSSR count). The highest BCUT2D eigenvalue weighted by molar-refractivity contribution is 6.07. The SMILES string of the molecule is Cc1cc2c(cc1C)N[C@H](c1c3ccccc3cc3ccccc13)C1=C(CC(C)(C)CC1=O)N2. The fraction of sp³-hybridized carbons (Fsp3) is 0.258. The lowest BCUT2D eigenvalue weighted by Gasteiger charge is -2.34. The number of benzene rings is 4. The maximum atomic E-state index is 13.8. The van der Waals surface area contributed by atoms with Gasteiger partial charge < -0.3 is 10.6 Å². The van der Waals surface area contributed by atoms with Gasteiger partial charge in [-0.05, 0) is 82.1 Å². The molecule has 1 heterocycles. The Hall–Kier alpha value is -3.59. The van der Waals surface area contributed by atoms with E-state index in [-0.39, 0.29) is 17.2 Å². The predicted molar refractivity (Wildman–Crippen MR) is 142 cm³/mol. The van der Waals surface area contributed by atoms with E-state index in [2.05, 4.69) is 105 Å². The minimum absolute atomic E-state index is 0.0709. The number of anilines is 2. The van der Waals surface area contributed by atoms with E-state index >= 15 is 0 Å². The van der Waals surface area contributed by atoms with Gasteiger partial charge in [-0.25, -0.2) is 0 Å². The second-order valence-electron chi connectivity index (χ2n) is 10.8. The number of hydrogen-bond acceptors (Lipinski definition) is 3. The van der Waals surface area contributed by atoms with Crippen molar-refractivity contribution in [3.63, 3.8) is 0 Å². The normalized spacial score (nSPS) is 19.3. The number of ketones is 1. The fourth-order valence-electron chi connectivity index (χ4n) is 5.79. The van der Waals surface area contributed by atoms with Gasteiger partial charge in [0.1, 0.15) is 0 Å². The van der Waals surface area contributed by atoms with Gasteiger partial charge in [0.25, 0.3) is 0 Å². The number of rotatable bonds is 1. The molecule has 0 spiro atoms. The molecule has 170 valence electrons. The molecular formula is C31H30N2O. The molecule has 0 bridgehead atoms. The van der Waals surface area contributed by atoms with Crippen molar-refractivity contribution >= 4 is 38.7 Å². The van der Waals surface area contributed by atoms with Crippen molar-refractivity contribution < 1.29 is 4.79 Å². The summed E-state index contributed by atoms with van der Waals surface area (Å²) in [7, 11) is 0. The van der Waals surface area contributed by atoms with Gasteiger partial charge in [-0.3, -0.25) is 4.79 Å². The number of hydrogen-bond donors (Lipinski definition) is 2. The minimum Gasteiger partial charge on any atom is -0.372 e. The van der Waals surface area contributed by atoms with E-state index < -0.39 is 0 Å². The summed E-state index contributed by atoms with van der Waals surface area (Å²) in [6.45, 7) is 8.67. The summed E-state index contributed by atoms with van der Waals surface area (Å²) < 4.78 is 0. The molecule has 34 heavy (non-hydrogen) atoms. The number of aryl methyl sites for hydroxylation is 2. The maximum Gasteiger partial charge on any atom is 0.163 e. The van der Waals surface area contributed by atoms with Gasteiger partial charge in [0.15, 0.2) is 5.78 Å². The van der Waals surface area contributed by atoms with E-state index in [1.165, 1.54) is 38.2 Å². The van der Waals surface area contributed by atoms with Crippen LogP contribution in [0.3, 0.4) is 0 Å². The molecule has 1 aliphatic carbocycles. The van der Waals surface area contributed by atoms with Crippen LogP contribution >= 0.6 is 0 Å². The largest absolute Gasteiger partial charge is 0.372 e. The number of nitrogens with one attached hydrogen (secondary N) is 2. The van der Waals surface area contributed by atoms with Gasteiger partial charge in [-0.15, -0.1) is 0 Å². The standard InChI is InChI=1S/C31H30N2O/c1-18-13-24-25(14-19(18)2)33-30(29-26(32-24)16-31(3,4)17-27(29)34)28-22-11-7-5-9-20(22)15-21-10-6-8-12-23(21)28/h5-15,30,32-33H,16-17H2,1-4H3/t30-/m1/s1. The third-order valence-electron chi connectivity index (χ3n) is 7.53. The summed E-state index contributed by atoms with van der Waals surface area (Å²) >= 11 is 0. The van der Waals surface area contributed by atoms with Crippen LogP contribution in [0.1, 0.15) is 49.4 Å². The molecule has 3 nitrogen and oxygen atoms in total. The number of allylic oxidation sites excluding steroid dienone is 1. The van der Waals surface area contributed by atoms with E-state index in [4.69, 9.17) is 0 Å². The van der Waals surface area contributed by atoms with Crippen molar-refractivity contribution in [3.8, 4) is 0 Å². The number of carbonyl (C=O) groups is 1. The lowest BCUT2D eigenvalue weighted by Crippen LogP contribution is -2.31. The van der Waals surface area contributed by atoms with E-state index in [9.17, 15) is 4.79 Å². The molecule has 4 aromatic rings. The topological polar surface area (TPSA) is 41.1 Å². The first kappa shape index (κ1) is 21.0. The molecule has 0 saturated heterocycles. The lowest BCUT2D eigenvalue weighted by molar-refractivity contribution is -0.118. The Morgan fingerprint density at radius 2 is 1.38 bits per heavy atom. The van der Waals surface area contributed by atoms with Gasteiger partial charge in [-0.1, -0.05) is 62.4 Å². The van der Waals surface area contributed by atoms with Gasteiger partial charge >= 0.3 is 0 Å². The zero-order valence-electron chi connectivity index (χ0n) is 20.3. The van der Waals surface area contributed by atoms with Crippen molar-refractivity contribution in [2.45, 2.75) is 46.6 Å². The van der Waals surface area contributed by atoms with Crippen LogP contribution in [0.15, 0.2) is 78.0 Å². The lowest BCUT2D eigenvalue weighted by atomic mass is 9.73. The molecular weight excluding hydrogens is 416 g/mol. The first-order valence-corrected chi connectivity index (χ1v) is 12.1. The summed E-state index contributed by atoms with van der Waals surface area (Å²) in [6, 6.07) is 23.5. The third kappa shape index (κ3) is 3.30. The van der Waals surface area contributed by atoms with Crippen LogP contribution in [-0.4, -0.2) is 5.78 Å². The zero-order valence-corrected chi connectivity index (χ0v) is 20.3. The first-order valence-electron chi connectivity index (χ1n) is 12.1. The molecule has 0 saturated carbocycles. The van der Waals surface area contributed by atoms with Crippen LogP contribution in [-0.2, 0) is 4.79 Å². The van der Waals surface area contributed by atoms with Crippen molar-refractivity contribution in [2.75, 3.05) is 10.6 Å². The Morgan fingerprint density at radius 3 is 2.03 bits per heavy atom. The molecule has 4 aromatic carbocycles. The number of Topliss-reactive ketones (excluding diaryl/α,β-unsaturated/α-hetero) is 1. The minimum atomic E-state index is -0.231. The molecule has 0 fully saturated rings. The molecule has 0 aromatic heterocycles. The zero-order chi connectivity index (χ0) is 23.6. The van der Waals surface area contributed by atoms with Crippen LogP contribution in [0, 0.1) is 19.3 Å². The molecule has 2 aliphatic rings. The van der Waals surface area contributed by atoms with Crippen molar-refractivity contribution in [2.24, 2.45) is 5.41 Å². The number of carbonyl (C=O) groups excluding carboxylic acids is 1. The van der Waals surface area contributed by atoms with E-state index in [0.717, 1.165) is 29.1 Å². The highest BCUT2D eigenvalue weighted by Crippen LogP contribution is 2.48. The predicted octanol–water partition coefficient (Wildman–Crippen LogP) is 7.83. The Labute approximate surface area is 200 Å². The highest BCUT2D eigenvalue weighted by atomic mass is 16.1.